The monoisotopic (exact) mass is 288 g/mol. The van der Waals surface area contributed by atoms with Crippen molar-refractivity contribution in [2.45, 2.75) is 65.6 Å². The highest BCUT2D eigenvalue weighted by Crippen LogP contribution is 2.21. The lowest BCUT2D eigenvalue weighted by Crippen LogP contribution is -2.24. The van der Waals surface area contributed by atoms with Gasteiger partial charge in [-0.3, -0.25) is 4.90 Å². The normalized spacial score (nSPS) is 20.7. The molecule has 1 N–H and O–H groups in total. The summed E-state index contributed by atoms with van der Waals surface area (Å²) >= 11 is 0. The summed E-state index contributed by atoms with van der Waals surface area (Å²) in [6, 6.07) is 9.71. The molecule has 1 aliphatic rings. The molecule has 1 unspecified atom stereocenters. The highest BCUT2D eigenvalue weighted by molar-refractivity contribution is 5.22. The molecule has 1 aromatic carbocycles. The van der Waals surface area contributed by atoms with Crippen molar-refractivity contribution in [1.82, 2.24) is 10.2 Å². The van der Waals surface area contributed by atoms with Gasteiger partial charge in [-0.2, -0.15) is 0 Å². The molecule has 2 heteroatoms. The summed E-state index contributed by atoms with van der Waals surface area (Å²) in [5.41, 5.74) is 2.84. The first-order chi connectivity index (χ1) is 10.2. The van der Waals surface area contributed by atoms with Crippen LogP contribution >= 0.6 is 0 Å². The Morgan fingerprint density at radius 3 is 2.48 bits per heavy atom. The second-order valence-electron chi connectivity index (χ2n) is 6.83. The van der Waals surface area contributed by atoms with Crippen LogP contribution in [0.1, 0.15) is 57.6 Å². The number of nitrogens with one attached hydrogen (secondary N) is 1. The lowest BCUT2D eigenvalue weighted by atomic mass is 9.98. The summed E-state index contributed by atoms with van der Waals surface area (Å²) in [4.78, 5) is 2.64. The van der Waals surface area contributed by atoms with E-state index >= 15 is 0 Å². The van der Waals surface area contributed by atoms with Crippen molar-refractivity contribution in [3.63, 3.8) is 0 Å². The lowest BCUT2D eigenvalue weighted by molar-refractivity contribution is 0.272. The van der Waals surface area contributed by atoms with Gasteiger partial charge in [0.05, 0.1) is 0 Å². The lowest BCUT2D eigenvalue weighted by Gasteiger charge is -2.20. The van der Waals surface area contributed by atoms with E-state index < -0.39 is 0 Å². The minimum Gasteiger partial charge on any atom is -0.310 e. The quantitative estimate of drug-likeness (QED) is 0.844. The maximum atomic E-state index is 3.47. The van der Waals surface area contributed by atoms with E-state index in [0.29, 0.717) is 6.04 Å². The maximum absolute atomic E-state index is 3.47. The van der Waals surface area contributed by atoms with E-state index in [9.17, 15) is 0 Å². The molecule has 2 nitrogen and oxygen atoms in total. The predicted octanol–water partition coefficient (Wildman–Crippen LogP) is 4.20. The smallest absolute Gasteiger partial charge is 0.0233 e. The largest absolute Gasteiger partial charge is 0.310 e. The van der Waals surface area contributed by atoms with Gasteiger partial charge in [0, 0.05) is 19.1 Å². The average molecular weight is 288 g/mol. The molecule has 0 saturated carbocycles. The average Bonchev–Trinajstić information content (AvgIpc) is 2.71. The fourth-order valence-corrected chi connectivity index (χ4v) is 3.13. The molecule has 21 heavy (non-hydrogen) atoms. The van der Waals surface area contributed by atoms with Crippen molar-refractivity contribution in [2.75, 3.05) is 13.1 Å². The van der Waals surface area contributed by atoms with E-state index in [1.54, 1.807) is 0 Å². The standard InChI is InChI=1S/C19H32N2/c1-4-17-6-5-12-21(13-11-17)15-19-9-7-18(8-10-19)14-20-16(2)3/h7-10,16-17,20H,4-6,11-15H2,1-3H3. The molecule has 0 spiro atoms. The molecule has 1 fully saturated rings. The summed E-state index contributed by atoms with van der Waals surface area (Å²) in [7, 11) is 0. The van der Waals surface area contributed by atoms with Crippen LogP contribution in [0.15, 0.2) is 24.3 Å². The molecule has 0 aliphatic carbocycles. The van der Waals surface area contributed by atoms with Gasteiger partial charge in [0.1, 0.15) is 0 Å². The van der Waals surface area contributed by atoms with Gasteiger partial charge in [0.15, 0.2) is 0 Å². The summed E-state index contributed by atoms with van der Waals surface area (Å²) < 4.78 is 0. The van der Waals surface area contributed by atoms with Crippen molar-refractivity contribution in [3.8, 4) is 0 Å². The molecule has 2 rings (SSSR count). The van der Waals surface area contributed by atoms with Gasteiger partial charge in [-0.1, -0.05) is 51.5 Å². The van der Waals surface area contributed by atoms with Crippen LogP contribution in [0.2, 0.25) is 0 Å². The zero-order valence-corrected chi connectivity index (χ0v) is 14.1. The summed E-state index contributed by atoms with van der Waals surface area (Å²) in [6.45, 7) is 11.4. The molecule has 0 bridgehead atoms. The van der Waals surface area contributed by atoms with Gasteiger partial charge in [-0.05, 0) is 49.4 Å². The number of benzene rings is 1. The molecule has 1 heterocycles. The van der Waals surface area contributed by atoms with Gasteiger partial charge in [0.25, 0.3) is 0 Å². The molecule has 1 aliphatic heterocycles. The third-order valence-electron chi connectivity index (χ3n) is 4.66. The Morgan fingerprint density at radius 1 is 1.10 bits per heavy atom. The van der Waals surface area contributed by atoms with Gasteiger partial charge >= 0.3 is 0 Å². The summed E-state index contributed by atoms with van der Waals surface area (Å²) in [6.07, 6.45) is 5.53. The van der Waals surface area contributed by atoms with Crippen LogP contribution in [0, 0.1) is 5.92 Å². The second kappa shape index (κ2) is 8.55. The first kappa shape index (κ1) is 16.5. The van der Waals surface area contributed by atoms with E-state index in [1.807, 2.05) is 0 Å². The van der Waals surface area contributed by atoms with E-state index in [0.717, 1.165) is 19.0 Å². The van der Waals surface area contributed by atoms with Crippen LogP contribution < -0.4 is 5.32 Å². The molecule has 1 atom stereocenters. The SMILES string of the molecule is CCC1CCCN(Cc2ccc(CNC(C)C)cc2)CC1. The van der Waals surface area contributed by atoms with Crippen molar-refractivity contribution < 1.29 is 0 Å². The molecule has 0 amide bonds. The Morgan fingerprint density at radius 2 is 1.81 bits per heavy atom. The highest BCUT2D eigenvalue weighted by Gasteiger charge is 2.15. The van der Waals surface area contributed by atoms with Crippen LogP contribution in [0.5, 0.6) is 0 Å². The number of rotatable bonds is 6. The zero-order chi connectivity index (χ0) is 15.1. The molecule has 118 valence electrons. The highest BCUT2D eigenvalue weighted by atomic mass is 15.1. The number of likely N-dealkylation sites (tertiary alicyclic amines) is 1. The molecular weight excluding hydrogens is 256 g/mol. The third-order valence-corrected chi connectivity index (χ3v) is 4.66. The zero-order valence-electron chi connectivity index (χ0n) is 14.1. The van der Waals surface area contributed by atoms with Crippen LogP contribution in [0.3, 0.4) is 0 Å². The number of hydrogen-bond donors (Lipinski definition) is 1. The topological polar surface area (TPSA) is 15.3 Å². The Hall–Kier alpha value is -0.860. The molecule has 0 aromatic heterocycles. The summed E-state index contributed by atoms with van der Waals surface area (Å²) in [5, 5.41) is 3.47. The minimum absolute atomic E-state index is 0.549. The Balaban J connectivity index is 1.82. The van der Waals surface area contributed by atoms with Gasteiger partial charge in [0.2, 0.25) is 0 Å². The second-order valence-corrected chi connectivity index (χ2v) is 6.83. The van der Waals surface area contributed by atoms with Gasteiger partial charge < -0.3 is 5.32 Å². The van der Waals surface area contributed by atoms with Crippen molar-refractivity contribution >= 4 is 0 Å². The predicted molar refractivity (Wildman–Crippen MR) is 91.3 cm³/mol. The van der Waals surface area contributed by atoms with Crippen molar-refractivity contribution in [1.29, 1.82) is 0 Å². The molecule has 1 aromatic rings. The fraction of sp³-hybridized carbons (Fsp3) is 0.684. The van der Waals surface area contributed by atoms with Crippen LogP contribution in [0.25, 0.3) is 0 Å². The van der Waals surface area contributed by atoms with Crippen molar-refractivity contribution in [3.05, 3.63) is 35.4 Å². The summed E-state index contributed by atoms with van der Waals surface area (Å²) in [5.74, 6) is 0.958. The minimum atomic E-state index is 0.549. The van der Waals surface area contributed by atoms with Crippen LogP contribution in [0.4, 0.5) is 0 Å². The van der Waals surface area contributed by atoms with Crippen LogP contribution in [-0.2, 0) is 13.1 Å². The van der Waals surface area contributed by atoms with E-state index in [4.69, 9.17) is 0 Å². The molecular formula is C19H32N2. The fourth-order valence-electron chi connectivity index (χ4n) is 3.13. The Bertz CT molecular complexity index is 397. The van der Waals surface area contributed by atoms with Crippen molar-refractivity contribution in [2.24, 2.45) is 5.92 Å². The Labute approximate surface area is 130 Å². The maximum Gasteiger partial charge on any atom is 0.0233 e. The van der Waals surface area contributed by atoms with E-state index in [1.165, 1.54) is 49.9 Å². The van der Waals surface area contributed by atoms with Gasteiger partial charge in [-0.25, -0.2) is 0 Å². The molecule has 0 radical (unpaired) electrons. The van der Waals surface area contributed by atoms with E-state index in [-0.39, 0.29) is 0 Å². The first-order valence-electron chi connectivity index (χ1n) is 8.71. The first-order valence-corrected chi connectivity index (χ1v) is 8.71. The number of nitrogens with zero attached hydrogens (tertiary/aromatic N) is 1. The Kier molecular flexibility index (Phi) is 6.72. The number of hydrogen-bond acceptors (Lipinski definition) is 2. The van der Waals surface area contributed by atoms with Gasteiger partial charge in [-0.15, -0.1) is 0 Å². The van der Waals surface area contributed by atoms with E-state index in [2.05, 4.69) is 55.3 Å². The van der Waals surface area contributed by atoms with Crippen LogP contribution in [-0.4, -0.2) is 24.0 Å². The molecule has 1 saturated heterocycles. The third kappa shape index (κ3) is 5.80.